The monoisotopic (exact) mass is 1030 g/mol. The molecule has 71 heavy (non-hydrogen) atoms. The number of halogens is 1. The molecule has 23 nitrogen and oxygen atoms in total. The molecule has 3 aromatic carbocycles. The van der Waals surface area contributed by atoms with Gasteiger partial charge in [0, 0.05) is 55.5 Å². The van der Waals surface area contributed by atoms with E-state index in [0.717, 1.165) is 23.6 Å². The SMILES string of the molecule is C[C@@H]1NC(=O)[C@@H](N(C)C(=O)C(CNS(N)(=O)=O)NC(=O)c2c(N)cc(-c3ccc(C(C)(C)C)cc3)nc2Cl)c2cc(OCC(O)CN)c(O)c(c2)-c2cc(ccc2OCC(O)CN)C[C@@H](C(=O)O)NC1=O. The number of benzene rings is 3. The van der Waals surface area contributed by atoms with Gasteiger partial charge >= 0.3 is 5.97 Å². The lowest BCUT2D eigenvalue weighted by Crippen LogP contribution is -2.57. The van der Waals surface area contributed by atoms with Crippen LogP contribution in [0.3, 0.4) is 0 Å². The zero-order chi connectivity index (χ0) is 52.7. The van der Waals surface area contributed by atoms with Crippen molar-refractivity contribution in [1.29, 1.82) is 0 Å². The number of carboxylic acid groups (broad SMARTS) is 1. The van der Waals surface area contributed by atoms with Crippen LogP contribution in [-0.2, 0) is 41.2 Å². The van der Waals surface area contributed by atoms with E-state index in [-0.39, 0.29) is 70.6 Å². The first kappa shape index (κ1) is 55.3. The van der Waals surface area contributed by atoms with E-state index in [0.29, 0.717) is 16.8 Å². The number of pyridine rings is 1. The number of nitrogen functional groups attached to an aromatic ring is 1. The Balaban J connectivity index is 1.67. The van der Waals surface area contributed by atoms with E-state index in [9.17, 15) is 52.8 Å². The molecular formula is C46H59ClN10O13S. The van der Waals surface area contributed by atoms with Crippen LogP contribution in [-0.4, -0.2) is 139 Å². The van der Waals surface area contributed by atoms with Gasteiger partial charge in [-0.3, -0.25) is 19.2 Å². The number of aliphatic carboxylic acids is 1. The van der Waals surface area contributed by atoms with Crippen molar-refractivity contribution in [3.05, 3.63) is 88.1 Å². The number of carbonyl (C=O) groups is 5. The number of aliphatic hydroxyl groups excluding tert-OH is 2. The lowest BCUT2D eigenvalue weighted by atomic mass is 9.86. The summed E-state index contributed by atoms with van der Waals surface area (Å²) in [6.07, 6.45) is -2.73. The van der Waals surface area contributed by atoms with E-state index >= 15 is 0 Å². The number of hydrogen-bond acceptors (Lipinski definition) is 16. The standard InChI is InChI=1S/C46H59ClN10O13S/c1-22-41(61)55-33(45(65)66)13-23-6-11-35(69-20-27(58)17-48)29(12-23)30-14-25(15-36(39(30)60)70-21-28(59)18-49)38(43(63)53-22)57(5)44(64)34(19-52-71(51,67)68)56-42(62)37-31(50)16-32(54-40(37)47)24-7-9-26(10-8-24)46(2,3)4/h6-12,14-16,22,27-28,33-34,38,52,58-60H,13,17-21,48-49H2,1-5H3,(H2,50,54)(H,53,63)(H,55,61)(H,56,62)(H,65,66)(H2,51,67,68)/t22-,27?,28?,33-,34?,38-/m0/s1. The first-order valence-corrected chi connectivity index (χ1v) is 23.9. The Morgan fingerprint density at radius 1 is 0.930 bits per heavy atom. The van der Waals surface area contributed by atoms with Crippen LogP contribution in [0.5, 0.6) is 17.2 Å². The van der Waals surface area contributed by atoms with Crippen molar-refractivity contribution < 1.29 is 62.3 Å². The Bertz CT molecular complexity index is 2740. The minimum atomic E-state index is -4.56. The van der Waals surface area contributed by atoms with E-state index in [1.165, 1.54) is 37.3 Å². The number of ether oxygens (including phenoxy) is 2. The molecule has 4 aromatic rings. The van der Waals surface area contributed by atoms with Crippen LogP contribution in [0.2, 0.25) is 5.15 Å². The number of nitrogens with one attached hydrogen (secondary N) is 4. The quantitative estimate of drug-likeness (QED) is 0.0608. The van der Waals surface area contributed by atoms with Crippen molar-refractivity contribution in [3.8, 4) is 39.6 Å². The number of phenols is 1. The van der Waals surface area contributed by atoms with Gasteiger partial charge in [0.2, 0.25) is 17.7 Å². The molecule has 1 aliphatic heterocycles. The molecule has 6 atom stereocenters. The highest BCUT2D eigenvalue weighted by molar-refractivity contribution is 7.87. The molecule has 1 aromatic heterocycles. The molecular weight excluding hydrogens is 968 g/mol. The number of aliphatic hydroxyl groups is 2. The second-order valence-corrected chi connectivity index (χ2v) is 19.6. The summed E-state index contributed by atoms with van der Waals surface area (Å²) in [5.41, 5.74) is 18.9. The molecule has 3 unspecified atom stereocenters. The normalized spacial score (nSPS) is 17.6. The van der Waals surface area contributed by atoms with Crippen LogP contribution in [0.25, 0.3) is 22.4 Å². The molecule has 0 aliphatic carbocycles. The number of likely N-dealkylation sites (N-methyl/N-ethyl adjacent to an activating group) is 1. The third kappa shape index (κ3) is 14.0. The fourth-order valence-corrected chi connectivity index (χ4v) is 8.03. The van der Waals surface area contributed by atoms with Crippen LogP contribution in [0.1, 0.15) is 60.8 Å². The largest absolute Gasteiger partial charge is 0.504 e. The Hall–Kier alpha value is -6.64. The molecule has 2 heterocycles. The zero-order valence-electron chi connectivity index (χ0n) is 39.4. The van der Waals surface area contributed by atoms with Gasteiger partial charge in [0.25, 0.3) is 16.1 Å². The maximum atomic E-state index is 14.8. The topological polar surface area (TPSA) is 387 Å². The molecule has 5 rings (SSSR count). The fourth-order valence-electron chi connectivity index (χ4n) is 7.34. The van der Waals surface area contributed by atoms with E-state index in [2.05, 4.69) is 20.9 Å². The minimum Gasteiger partial charge on any atom is -0.504 e. The number of nitrogens with two attached hydrogens (primary N) is 4. The van der Waals surface area contributed by atoms with Gasteiger partial charge in [-0.15, -0.1) is 0 Å². The highest BCUT2D eigenvalue weighted by atomic mass is 35.5. The second kappa shape index (κ2) is 23.1. The van der Waals surface area contributed by atoms with E-state index in [1.54, 1.807) is 12.1 Å². The number of anilines is 1. The van der Waals surface area contributed by atoms with Crippen LogP contribution >= 0.6 is 11.6 Å². The number of phenolic OH excluding ortho intramolecular Hbond substituents is 1. The van der Waals surface area contributed by atoms with Crippen molar-refractivity contribution in [2.45, 2.75) is 75.9 Å². The molecule has 4 bridgehead atoms. The van der Waals surface area contributed by atoms with Crippen molar-refractivity contribution in [3.63, 3.8) is 0 Å². The first-order valence-electron chi connectivity index (χ1n) is 22.0. The molecule has 4 amide bonds. The van der Waals surface area contributed by atoms with Gasteiger partial charge in [-0.2, -0.15) is 13.1 Å². The second-order valence-electron chi connectivity index (χ2n) is 17.8. The van der Waals surface area contributed by atoms with Crippen LogP contribution in [0.4, 0.5) is 5.69 Å². The Morgan fingerprint density at radius 2 is 1.55 bits per heavy atom. The van der Waals surface area contributed by atoms with Crippen LogP contribution < -0.4 is 52.5 Å². The molecule has 1 aliphatic rings. The van der Waals surface area contributed by atoms with Crippen molar-refractivity contribution >= 4 is 57.1 Å². The van der Waals surface area contributed by atoms with Crippen molar-refractivity contribution in [2.75, 3.05) is 45.6 Å². The summed E-state index contributed by atoms with van der Waals surface area (Å²) in [5, 5.41) is 54.8. The van der Waals surface area contributed by atoms with Gasteiger partial charge in [-0.25, -0.2) is 14.9 Å². The van der Waals surface area contributed by atoms with Crippen molar-refractivity contribution in [2.24, 2.45) is 16.6 Å². The molecule has 0 saturated carbocycles. The number of aromatic nitrogens is 1. The molecule has 16 N–H and O–H groups in total. The number of carbonyl (C=O) groups excluding carboxylic acids is 4. The number of rotatable bonds is 17. The lowest BCUT2D eigenvalue weighted by Gasteiger charge is -2.33. The highest BCUT2D eigenvalue weighted by Gasteiger charge is 2.38. The average molecular weight is 1030 g/mol. The van der Waals surface area contributed by atoms with Crippen LogP contribution in [0, 0.1) is 0 Å². The van der Waals surface area contributed by atoms with E-state index in [1.807, 2.05) is 37.6 Å². The number of fused-ring (bicyclic) bond motifs is 5. The third-order valence-corrected chi connectivity index (χ3v) is 12.2. The summed E-state index contributed by atoms with van der Waals surface area (Å²) >= 11 is 6.58. The lowest BCUT2D eigenvalue weighted by molar-refractivity contribution is -0.143. The van der Waals surface area contributed by atoms with Gasteiger partial charge in [-0.05, 0) is 59.4 Å². The molecule has 384 valence electrons. The summed E-state index contributed by atoms with van der Waals surface area (Å²) in [4.78, 5) is 74.8. The third-order valence-electron chi connectivity index (χ3n) is 11.3. The van der Waals surface area contributed by atoms with Gasteiger partial charge in [0.05, 0.1) is 11.3 Å². The Labute approximate surface area is 414 Å². The van der Waals surface area contributed by atoms with E-state index in [4.69, 9.17) is 43.4 Å². The van der Waals surface area contributed by atoms with Gasteiger partial charge in [0.1, 0.15) is 60.5 Å². The molecule has 0 fully saturated rings. The average Bonchev–Trinajstić information content (AvgIpc) is 3.30. The number of nitrogens with zero attached hydrogens (tertiary/aromatic N) is 2. The summed E-state index contributed by atoms with van der Waals surface area (Å²) in [6, 6.07) is 8.71. The number of carboxylic acids is 1. The first-order chi connectivity index (χ1) is 33.2. The number of aromatic hydroxyl groups is 1. The van der Waals surface area contributed by atoms with Crippen molar-refractivity contribution in [1.82, 2.24) is 30.6 Å². The van der Waals surface area contributed by atoms with Crippen LogP contribution in [0.15, 0.2) is 60.7 Å². The van der Waals surface area contributed by atoms with Gasteiger partial charge in [0.15, 0.2) is 11.5 Å². The summed E-state index contributed by atoms with van der Waals surface area (Å²) in [6.45, 7) is 5.15. The Morgan fingerprint density at radius 3 is 2.11 bits per heavy atom. The molecule has 0 radical (unpaired) electrons. The van der Waals surface area contributed by atoms with Gasteiger partial charge in [-0.1, -0.05) is 62.7 Å². The predicted molar refractivity (Wildman–Crippen MR) is 261 cm³/mol. The smallest absolute Gasteiger partial charge is 0.326 e. The Kier molecular flexibility index (Phi) is 18.0. The summed E-state index contributed by atoms with van der Waals surface area (Å²) in [5.74, 6) is -6.73. The maximum Gasteiger partial charge on any atom is 0.326 e. The highest BCUT2D eigenvalue weighted by Crippen LogP contribution is 2.45. The predicted octanol–water partition coefficient (Wildman–Crippen LogP) is -0.227. The van der Waals surface area contributed by atoms with E-state index < -0.39 is 101 Å². The summed E-state index contributed by atoms with van der Waals surface area (Å²) in [7, 11) is -3.45. The zero-order valence-corrected chi connectivity index (χ0v) is 41.0. The van der Waals surface area contributed by atoms with Gasteiger partial charge < -0.3 is 68.0 Å². The fraction of sp³-hybridized carbons (Fsp3) is 0.391. The summed E-state index contributed by atoms with van der Waals surface area (Å²) < 4.78 is 38.2. The minimum absolute atomic E-state index is 0.000514. The number of hydrogen-bond donors (Lipinski definition) is 12. The molecule has 0 saturated heterocycles. The number of amides is 4. The molecule has 0 spiro atoms. The maximum absolute atomic E-state index is 14.8. The molecule has 25 heteroatoms.